The van der Waals surface area contributed by atoms with Gasteiger partial charge in [-0.3, -0.25) is 0 Å². The molecule has 1 aromatic carbocycles. The van der Waals surface area contributed by atoms with Crippen LogP contribution < -0.4 is 0 Å². The van der Waals surface area contributed by atoms with Crippen molar-refractivity contribution < 1.29 is 18.3 Å². The van der Waals surface area contributed by atoms with Gasteiger partial charge in [0.15, 0.2) is 0 Å². The number of rotatable bonds is 3. The number of carboxylic acids is 1. The summed E-state index contributed by atoms with van der Waals surface area (Å²) in [4.78, 5) is 11.2. The average Bonchev–Trinajstić information content (AvgIpc) is 2.42. The molecule has 1 fully saturated rings. The van der Waals surface area contributed by atoms with Crippen molar-refractivity contribution in [1.82, 2.24) is 4.31 Å². The Kier molecular flexibility index (Phi) is 4.15. The first-order chi connectivity index (χ1) is 9.34. The van der Waals surface area contributed by atoms with Crippen LogP contribution in [-0.4, -0.2) is 36.9 Å². The first-order valence-electron chi connectivity index (χ1n) is 6.68. The number of aromatic carboxylic acids is 1. The zero-order chi connectivity index (χ0) is 14.9. The summed E-state index contributed by atoms with van der Waals surface area (Å²) in [6.07, 6.45) is 2.75. The van der Waals surface area contributed by atoms with Crippen LogP contribution in [0.2, 0.25) is 0 Å². The van der Waals surface area contributed by atoms with E-state index in [0.29, 0.717) is 24.2 Å². The number of aryl methyl sites for hydroxylation is 1. The van der Waals surface area contributed by atoms with Crippen LogP contribution in [0, 0.1) is 13.8 Å². The molecule has 0 unspecified atom stereocenters. The Balaban J connectivity index is 2.52. The highest BCUT2D eigenvalue weighted by Crippen LogP contribution is 2.26. The standard InChI is InChI=1S/C14H19NO4S/c1-10-8-12(14(16)17)9-13(11(10)2)20(18,19)15-6-4-3-5-7-15/h8-9H,3-7H2,1-2H3,(H,16,17). The summed E-state index contributed by atoms with van der Waals surface area (Å²) >= 11 is 0. The van der Waals surface area contributed by atoms with Crippen LogP contribution in [-0.2, 0) is 10.0 Å². The molecule has 20 heavy (non-hydrogen) atoms. The lowest BCUT2D eigenvalue weighted by Crippen LogP contribution is -2.36. The molecule has 0 aliphatic carbocycles. The molecule has 0 spiro atoms. The second kappa shape index (κ2) is 5.54. The minimum absolute atomic E-state index is 0.0173. The summed E-state index contributed by atoms with van der Waals surface area (Å²) in [5.41, 5.74) is 1.32. The van der Waals surface area contributed by atoms with Crippen LogP contribution >= 0.6 is 0 Å². The third kappa shape index (κ3) is 2.71. The molecule has 0 bridgehead atoms. The van der Waals surface area contributed by atoms with E-state index in [1.54, 1.807) is 13.8 Å². The minimum Gasteiger partial charge on any atom is -0.478 e. The van der Waals surface area contributed by atoms with Gasteiger partial charge in [0.1, 0.15) is 0 Å². The van der Waals surface area contributed by atoms with Gasteiger partial charge < -0.3 is 5.11 Å². The number of piperidine rings is 1. The fourth-order valence-corrected chi connectivity index (χ4v) is 4.30. The monoisotopic (exact) mass is 297 g/mol. The van der Waals surface area contributed by atoms with E-state index in [-0.39, 0.29) is 10.5 Å². The molecular weight excluding hydrogens is 278 g/mol. The number of nitrogens with zero attached hydrogens (tertiary/aromatic N) is 1. The Morgan fingerprint density at radius 3 is 2.30 bits per heavy atom. The van der Waals surface area contributed by atoms with E-state index in [0.717, 1.165) is 19.3 Å². The topological polar surface area (TPSA) is 74.7 Å². The van der Waals surface area contributed by atoms with Gasteiger partial charge in [-0.05, 0) is 49.9 Å². The van der Waals surface area contributed by atoms with Crippen LogP contribution in [0.1, 0.15) is 40.7 Å². The maximum absolute atomic E-state index is 12.7. The fourth-order valence-electron chi connectivity index (χ4n) is 2.46. The molecule has 0 aromatic heterocycles. The zero-order valence-electron chi connectivity index (χ0n) is 11.7. The van der Waals surface area contributed by atoms with Gasteiger partial charge in [0, 0.05) is 13.1 Å². The van der Waals surface area contributed by atoms with Crippen molar-refractivity contribution in [1.29, 1.82) is 0 Å². The fraction of sp³-hybridized carbons (Fsp3) is 0.500. The van der Waals surface area contributed by atoms with Crippen molar-refractivity contribution >= 4 is 16.0 Å². The van der Waals surface area contributed by atoms with Crippen molar-refractivity contribution in [2.75, 3.05) is 13.1 Å². The van der Waals surface area contributed by atoms with Gasteiger partial charge in [0.05, 0.1) is 10.5 Å². The van der Waals surface area contributed by atoms with E-state index in [1.807, 2.05) is 0 Å². The van der Waals surface area contributed by atoms with Crippen LogP contribution in [0.5, 0.6) is 0 Å². The second-order valence-corrected chi connectivity index (χ2v) is 7.09. The van der Waals surface area contributed by atoms with Crippen molar-refractivity contribution in [3.63, 3.8) is 0 Å². The van der Waals surface area contributed by atoms with E-state index < -0.39 is 16.0 Å². The molecule has 1 heterocycles. The SMILES string of the molecule is Cc1cc(C(=O)O)cc(S(=O)(=O)N2CCCCC2)c1C. The molecule has 1 aliphatic rings. The molecule has 0 amide bonds. The number of carbonyl (C=O) groups is 1. The predicted octanol–water partition coefficient (Wildman–Crippen LogP) is 2.18. The molecule has 0 saturated carbocycles. The van der Waals surface area contributed by atoms with E-state index in [1.165, 1.54) is 16.4 Å². The number of sulfonamides is 1. The van der Waals surface area contributed by atoms with E-state index in [2.05, 4.69) is 0 Å². The summed E-state index contributed by atoms with van der Waals surface area (Å²) in [5.74, 6) is -1.11. The maximum atomic E-state index is 12.7. The van der Waals surface area contributed by atoms with E-state index >= 15 is 0 Å². The van der Waals surface area contributed by atoms with Crippen LogP contribution in [0.4, 0.5) is 0 Å². The highest BCUT2D eigenvalue weighted by Gasteiger charge is 2.28. The molecule has 0 atom stereocenters. The van der Waals surface area contributed by atoms with Crippen LogP contribution in [0.15, 0.2) is 17.0 Å². The molecule has 1 aromatic rings. The molecule has 6 heteroatoms. The predicted molar refractivity (Wildman–Crippen MR) is 75.5 cm³/mol. The van der Waals surface area contributed by atoms with Gasteiger partial charge in [-0.1, -0.05) is 6.42 Å². The Hall–Kier alpha value is -1.40. The number of hydrogen-bond donors (Lipinski definition) is 1. The van der Waals surface area contributed by atoms with Gasteiger partial charge in [0.25, 0.3) is 0 Å². The molecule has 2 rings (SSSR count). The van der Waals surface area contributed by atoms with Gasteiger partial charge in [0.2, 0.25) is 10.0 Å². The summed E-state index contributed by atoms with van der Waals surface area (Å²) < 4.78 is 26.8. The second-order valence-electron chi connectivity index (χ2n) is 5.19. The van der Waals surface area contributed by atoms with Gasteiger partial charge >= 0.3 is 5.97 Å². The normalized spacial score (nSPS) is 17.1. The number of hydrogen-bond acceptors (Lipinski definition) is 3. The average molecular weight is 297 g/mol. The highest BCUT2D eigenvalue weighted by atomic mass is 32.2. The highest BCUT2D eigenvalue weighted by molar-refractivity contribution is 7.89. The number of benzene rings is 1. The largest absolute Gasteiger partial charge is 0.478 e. The first-order valence-corrected chi connectivity index (χ1v) is 8.12. The van der Waals surface area contributed by atoms with Crippen molar-refractivity contribution in [2.45, 2.75) is 38.0 Å². The molecule has 1 N–H and O–H groups in total. The lowest BCUT2D eigenvalue weighted by atomic mass is 10.1. The minimum atomic E-state index is -3.60. The van der Waals surface area contributed by atoms with E-state index in [4.69, 9.17) is 5.11 Å². The molecule has 1 aliphatic heterocycles. The molecular formula is C14H19NO4S. The lowest BCUT2D eigenvalue weighted by molar-refractivity contribution is 0.0696. The van der Waals surface area contributed by atoms with Crippen molar-refractivity contribution in [3.8, 4) is 0 Å². The molecule has 5 nitrogen and oxygen atoms in total. The van der Waals surface area contributed by atoms with Crippen LogP contribution in [0.3, 0.4) is 0 Å². The van der Waals surface area contributed by atoms with E-state index in [9.17, 15) is 13.2 Å². The molecule has 110 valence electrons. The summed E-state index contributed by atoms with van der Waals surface area (Å²) in [7, 11) is -3.60. The smallest absolute Gasteiger partial charge is 0.335 e. The Bertz CT molecular complexity index is 631. The summed E-state index contributed by atoms with van der Waals surface area (Å²) in [5, 5.41) is 9.09. The third-order valence-corrected chi connectivity index (χ3v) is 5.82. The molecule has 1 saturated heterocycles. The maximum Gasteiger partial charge on any atom is 0.335 e. The van der Waals surface area contributed by atoms with Gasteiger partial charge in [-0.25, -0.2) is 13.2 Å². The Labute approximate surface area is 119 Å². The van der Waals surface area contributed by atoms with Crippen molar-refractivity contribution in [3.05, 3.63) is 28.8 Å². The Morgan fingerprint density at radius 1 is 1.15 bits per heavy atom. The summed E-state index contributed by atoms with van der Waals surface area (Å²) in [6, 6.07) is 2.78. The Morgan fingerprint density at radius 2 is 1.75 bits per heavy atom. The van der Waals surface area contributed by atoms with Crippen LogP contribution in [0.25, 0.3) is 0 Å². The lowest BCUT2D eigenvalue weighted by Gasteiger charge is -2.27. The molecule has 0 radical (unpaired) electrons. The van der Waals surface area contributed by atoms with Gasteiger partial charge in [-0.15, -0.1) is 0 Å². The van der Waals surface area contributed by atoms with Gasteiger partial charge in [-0.2, -0.15) is 4.31 Å². The van der Waals surface area contributed by atoms with Crippen molar-refractivity contribution in [2.24, 2.45) is 0 Å². The quantitative estimate of drug-likeness (QED) is 0.928. The third-order valence-electron chi connectivity index (χ3n) is 3.80. The summed E-state index contributed by atoms with van der Waals surface area (Å²) in [6.45, 7) is 4.48. The zero-order valence-corrected chi connectivity index (χ0v) is 12.5. The number of carboxylic acid groups (broad SMARTS) is 1. The first kappa shape index (κ1) is 15.0.